The Morgan fingerprint density at radius 1 is 1.26 bits per heavy atom. The van der Waals surface area contributed by atoms with E-state index in [-0.39, 0.29) is 0 Å². The molecule has 98 valence electrons. The van der Waals surface area contributed by atoms with Crippen molar-refractivity contribution in [1.82, 2.24) is 9.97 Å². The summed E-state index contributed by atoms with van der Waals surface area (Å²) in [5.74, 6) is 2.07. The zero-order valence-electron chi connectivity index (χ0n) is 10.2. The fourth-order valence-corrected chi connectivity index (χ4v) is 2.53. The van der Waals surface area contributed by atoms with Gasteiger partial charge in [-0.2, -0.15) is 0 Å². The number of hydrogen-bond acceptors (Lipinski definition) is 5. The van der Waals surface area contributed by atoms with Crippen LogP contribution in [0, 0.1) is 0 Å². The number of nitrogen functional groups attached to an aromatic ring is 1. The Balaban J connectivity index is 2.12. The fourth-order valence-electron chi connectivity index (χ4n) is 2.11. The highest BCUT2D eigenvalue weighted by Gasteiger charge is 2.21. The lowest BCUT2D eigenvalue weighted by Crippen LogP contribution is -2.20. The standard InChI is InChI=1S/C13H13BrN4O/c14-11-12(15)16-8-17-13(11)18-6-3-7-19-10-5-2-1-4-9(10)18/h1-2,4-5,8H,3,6-7H2,(H2,15,16,17). The van der Waals surface area contributed by atoms with Crippen LogP contribution in [0.4, 0.5) is 17.3 Å². The average molecular weight is 321 g/mol. The van der Waals surface area contributed by atoms with Crippen molar-refractivity contribution < 1.29 is 4.74 Å². The van der Waals surface area contributed by atoms with Gasteiger partial charge in [-0.1, -0.05) is 12.1 Å². The predicted molar refractivity (Wildman–Crippen MR) is 77.7 cm³/mol. The molecule has 0 radical (unpaired) electrons. The molecule has 6 heteroatoms. The van der Waals surface area contributed by atoms with Gasteiger partial charge in [0.25, 0.3) is 0 Å². The van der Waals surface area contributed by atoms with Crippen LogP contribution in [0.5, 0.6) is 5.75 Å². The number of para-hydroxylation sites is 2. The number of aromatic nitrogens is 2. The summed E-state index contributed by atoms with van der Waals surface area (Å²) in [6.45, 7) is 1.53. The highest BCUT2D eigenvalue weighted by Crippen LogP contribution is 2.38. The van der Waals surface area contributed by atoms with Gasteiger partial charge in [0.2, 0.25) is 0 Å². The molecule has 1 aliphatic rings. The van der Waals surface area contributed by atoms with Gasteiger partial charge in [0.15, 0.2) is 5.82 Å². The maximum Gasteiger partial charge on any atom is 0.153 e. The molecule has 2 heterocycles. The smallest absolute Gasteiger partial charge is 0.153 e. The summed E-state index contributed by atoms with van der Waals surface area (Å²) in [5.41, 5.74) is 6.83. The SMILES string of the molecule is Nc1ncnc(N2CCCOc3ccccc32)c1Br. The van der Waals surface area contributed by atoms with Gasteiger partial charge >= 0.3 is 0 Å². The Kier molecular flexibility index (Phi) is 3.25. The van der Waals surface area contributed by atoms with Crippen LogP contribution in [0.3, 0.4) is 0 Å². The number of ether oxygens (including phenoxy) is 1. The summed E-state index contributed by atoms with van der Waals surface area (Å²) in [4.78, 5) is 10.4. The van der Waals surface area contributed by atoms with E-state index in [4.69, 9.17) is 10.5 Å². The Morgan fingerprint density at radius 3 is 3.00 bits per heavy atom. The van der Waals surface area contributed by atoms with E-state index >= 15 is 0 Å². The van der Waals surface area contributed by atoms with E-state index in [1.165, 1.54) is 6.33 Å². The van der Waals surface area contributed by atoms with Gasteiger partial charge in [-0.05, 0) is 34.5 Å². The second-order valence-corrected chi connectivity index (χ2v) is 5.01. The molecular weight excluding hydrogens is 308 g/mol. The molecule has 0 saturated carbocycles. The Labute approximate surface area is 119 Å². The molecule has 1 aromatic carbocycles. The summed E-state index contributed by atoms with van der Waals surface area (Å²) < 4.78 is 6.45. The third-order valence-corrected chi connectivity index (χ3v) is 3.75. The number of halogens is 1. The Hall–Kier alpha value is -1.82. The molecule has 0 bridgehead atoms. The lowest BCUT2D eigenvalue weighted by molar-refractivity contribution is 0.322. The van der Waals surface area contributed by atoms with Crippen molar-refractivity contribution in [1.29, 1.82) is 0 Å². The van der Waals surface area contributed by atoms with Crippen molar-refractivity contribution >= 4 is 33.3 Å². The van der Waals surface area contributed by atoms with Gasteiger partial charge in [-0.3, -0.25) is 0 Å². The van der Waals surface area contributed by atoms with Crippen LogP contribution in [0.25, 0.3) is 0 Å². The lowest BCUT2D eigenvalue weighted by atomic mass is 10.2. The normalized spacial score (nSPS) is 14.5. The summed E-state index contributed by atoms with van der Waals surface area (Å²) >= 11 is 3.46. The van der Waals surface area contributed by atoms with Crippen LogP contribution < -0.4 is 15.4 Å². The van der Waals surface area contributed by atoms with E-state index in [9.17, 15) is 0 Å². The molecule has 0 unspecified atom stereocenters. The van der Waals surface area contributed by atoms with Crippen molar-refractivity contribution in [2.75, 3.05) is 23.8 Å². The lowest BCUT2D eigenvalue weighted by Gasteiger charge is -2.23. The largest absolute Gasteiger partial charge is 0.491 e. The molecule has 19 heavy (non-hydrogen) atoms. The van der Waals surface area contributed by atoms with Crippen LogP contribution >= 0.6 is 15.9 Å². The van der Waals surface area contributed by atoms with Crippen LogP contribution in [-0.4, -0.2) is 23.1 Å². The van der Waals surface area contributed by atoms with Crippen molar-refractivity contribution in [3.05, 3.63) is 35.1 Å². The molecule has 0 saturated heterocycles. The summed E-state index contributed by atoms with van der Waals surface area (Å²) in [6, 6.07) is 7.93. The van der Waals surface area contributed by atoms with Crippen LogP contribution in [-0.2, 0) is 0 Å². The van der Waals surface area contributed by atoms with E-state index in [0.29, 0.717) is 16.9 Å². The third-order valence-electron chi connectivity index (χ3n) is 2.99. The summed E-state index contributed by atoms with van der Waals surface area (Å²) in [5, 5.41) is 0. The van der Waals surface area contributed by atoms with Gasteiger partial charge in [0.05, 0.1) is 12.3 Å². The molecular formula is C13H13BrN4O. The minimum absolute atomic E-state index is 0.438. The Morgan fingerprint density at radius 2 is 2.11 bits per heavy atom. The molecule has 0 amide bonds. The monoisotopic (exact) mass is 320 g/mol. The van der Waals surface area contributed by atoms with Crippen molar-refractivity contribution in [3.8, 4) is 5.75 Å². The number of nitrogens with zero attached hydrogens (tertiary/aromatic N) is 3. The number of fused-ring (bicyclic) bond motifs is 1. The molecule has 2 aromatic rings. The molecule has 1 aromatic heterocycles. The molecule has 0 aliphatic carbocycles. The van der Waals surface area contributed by atoms with Crippen molar-refractivity contribution in [2.45, 2.75) is 6.42 Å². The topological polar surface area (TPSA) is 64.3 Å². The number of rotatable bonds is 1. The molecule has 0 spiro atoms. The molecule has 1 aliphatic heterocycles. The average Bonchev–Trinajstić information content (AvgIpc) is 2.64. The quantitative estimate of drug-likeness (QED) is 0.875. The molecule has 5 nitrogen and oxygen atoms in total. The highest BCUT2D eigenvalue weighted by atomic mass is 79.9. The Bertz CT molecular complexity index is 605. The molecule has 2 N–H and O–H groups in total. The zero-order valence-corrected chi connectivity index (χ0v) is 11.8. The highest BCUT2D eigenvalue weighted by molar-refractivity contribution is 9.10. The van der Waals surface area contributed by atoms with Crippen molar-refractivity contribution in [2.24, 2.45) is 0 Å². The van der Waals surface area contributed by atoms with Gasteiger partial charge in [-0.25, -0.2) is 9.97 Å². The number of benzene rings is 1. The van der Waals surface area contributed by atoms with Gasteiger partial charge < -0.3 is 15.4 Å². The van der Waals surface area contributed by atoms with Crippen LogP contribution in [0.15, 0.2) is 35.1 Å². The van der Waals surface area contributed by atoms with E-state index in [2.05, 4.69) is 30.8 Å². The van der Waals surface area contributed by atoms with Gasteiger partial charge in [0, 0.05) is 6.54 Å². The van der Waals surface area contributed by atoms with E-state index in [1.807, 2.05) is 24.3 Å². The first-order valence-corrected chi connectivity index (χ1v) is 6.82. The van der Waals surface area contributed by atoms with Crippen LogP contribution in [0.1, 0.15) is 6.42 Å². The third kappa shape index (κ3) is 2.23. The van der Waals surface area contributed by atoms with Gasteiger partial charge in [0.1, 0.15) is 22.4 Å². The first-order valence-electron chi connectivity index (χ1n) is 6.02. The van der Waals surface area contributed by atoms with E-state index in [1.54, 1.807) is 0 Å². The number of hydrogen-bond donors (Lipinski definition) is 1. The fraction of sp³-hybridized carbons (Fsp3) is 0.231. The molecule has 0 atom stereocenters. The summed E-state index contributed by atoms with van der Waals surface area (Å²) in [6.07, 6.45) is 2.40. The minimum Gasteiger partial charge on any atom is -0.491 e. The van der Waals surface area contributed by atoms with Crippen LogP contribution in [0.2, 0.25) is 0 Å². The van der Waals surface area contributed by atoms with Crippen molar-refractivity contribution in [3.63, 3.8) is 0 Å². The summed E-state index contributed by atoms with van der Waals surface area (Å²) in [7, 11) is 0. The second kappa shape index (κ2) is 5.05. The van der Waals surface area contributed by atoms with Gasteiger partial charge in [-0.15, -0.1) is 0 Å². The van der Waals surface area contributed by atoms with E-state index < -0.39 is 0 Å². The zero-order chi connectivity index (χ0) is 13.2. The number of anilines is 3. The maximum absolute atomic E-state index is 5.83. The second-order valence-electron chi connectivity index (χ2n) is 4.22. The van der Waals surface area contributed by atoms with E-state index in [0.717, 1.165) is 30.2 Å². The first kappa shape index (κ1) is 12.2. The predicted octanol–water partition coefficient (Wildman–Crippen LogP) is 2.74. The number of nitrogens with two attached hydrogens (primary N) is 1. The minimum atomic E-state index is 0.438. The first-order chi connectivity index (χ1) is 9.27. The maximum atomic E-state index is 5.83. The molecule has 3 rings (SSSR count). The molecule has 0 fully saturated rings.